The lowest BCUT2D eigenvalue weighted by Crippen LogP contribution is -2.21. The number of anilines is 1. The highest BCUT2D eigenvalue weighted by molar-refractivity contribution is 7.92. The van der Waals surface area contributed by atoms with E-state index in [0.29, 0.717) is 11.3 Å². The molecule has 0 aliphatic heterocycles. The lowest BCUT2D eigenvalue weighted by Gasteiger charge is -2.11. The van der Waals surface area contributed by atoms with Gasteiger partial charge in [0.2, 0.25) is 5.91 Å². The number of sulfonamides is 1. The molecule has 0 aliphatic rings. The standard InChI is InChI=1S/C12H14N4O3S/c1-13-11(17)6-9-4-2-3-5-10(9)16-20(18,19)12-7-14-8-15-12/h2-5,7-8,16H,6H2,1H3,(H,13,17)(H,14,15). The minimum Gasteiger partial charge on any atom is -0.359 e. The van der Waals surface area contributed by atoms with E-state index in [0.717, 1.165) is 0 Å². The fourth-order valence-corrected chi connectivity index (χ4v) is 2.63. The summed E-state index contributed by atoms with van der Waals surface area (Å²) in [6.07, 6.45) is 2.59. The third-order valence-electron chi connectivity index (χ3n) is 2.65. The number of aromatic nitrogens is 2. The number of hydrogen-bond acceptors (Lipinski definition) is 4. The highest BCUT2D eigenvalue weighted by atomic mass is 32.2. The number of nitrogens with zero attached hydrogens (tertiary/aromatic N) is 1. The van der Waals surface area contributed by atoms with Crippen LogP contribution in [0.5, 0.6) is 0 Å². The first kappa shape index (κ1) is 14.1. The normalized spacial score (nSPS) is 11.1. The van der Waals surface area contributed by atoms with Crippen LogP contribution in [0.3, 0.4) is 0 Å². The molecule has 2 aromatic rings. The van der Waals surface area contributed by atoms with Crippen LogP contribution in [0, 0.1) is 0 Å². The zero-order valence-electron chi connectivity index (χ0n) is 10.8. The molecular formula is C12H14N4O3S. The molecule has 0 fully saturated rings. The van der Waals surface area contributed by atoms with Crippen LogP contribution in [0.1, 0.15) is 5.56 Å². The molecule has 106 valence electrons. The largest absolute Gasteiger partial charge is 0.359 e. The summed E-state index contributed by atoms with van der Waals surface area (Å²) in [5.41, 5.74) is 0.959. The monoisotopic (exact) mass is 294 g/mol. The van der Waals surface area contributed by atoms with Crippen LogP contribution in [0.2, 0.25) is 0 Å². The van der Waals surface area contributed by atoms with Gasteiger partial charge in [-0.1, -0.05) is 18.2 Å². The number of benzene rings is 1. The summed E-state index contributed by atoms with van der Waals surface area (Å²) in [5.74, 6) is -0.196. The van der Waals surface area contributed by atoms with Crippen LogP contribution in [0.25, 0.3) is 0 Å². The molecule has 0 saturated heterocycles. The number of hydrogen-bond donors (Lipinski definition) is 3. The van der Waals surface area contributed by atoms with Crippen LogP contribution in [-0.4, -0.2) is 31.3 Å². The van der Waals surface area contributed by atoms with Crippen molar-refractivity contribution in [2.24, 2.45) is 0 Å². The molecule has 8 heteroatoms. The Morgan fingerprint density at radius 1 is 1.35 bits per heavy atom. The highest BCUT2D eigenvalue weighted by Gasteiger charge is 2.17. The molecule has 1 aromatic carbocycles. The molecule has 0 atom stereocenters. The second-order valence-corrected chi connectivity index (χ2v) is 5.68. The molecule has 3 N–H and O–H groups in total. The summed E-state index contributed by atoms with van der Waals surface area (Å²) in [4.78, 5) is 17.6. The van der Waals surface area contributed by atoms with Crippen molar-refractivity contribution < 1.29 is 13.2 Å². The van der Waals surface area contributed by atoms with Gasteiger partial charge < -0.3 is 10.3 Å². The van der Waals surface area contributed by atoms with Gasteiger partial charge in [-0.05, 0) is 11.6 Å². The minimum atomic E-state index is -3.73. The van der Waals surface area contributed by atoms with Crippen molar-refractivity contribution in [1.29, 1.82) is 0 Å². The average Bonchev–Trinajstić information content (AvgIpc) is 2.95. The molecule has 1 heterocycles. The SMILES string of the molecule is CNC(=O)Cc1ccccc1NS(=O)(=O)c1cnc[nH]1. The summed E-state index contributed by atoms with van der Waals surface area (Å²) >= 11 is 0. The molecule has 7 nitrogen and oxygen atoms in total. The maximum Gasteiger partial charge on any atom is 0.278 e. The Morgan fingerprint density at radius 3 is 2.75 bits per heavy atom. The van der Waals surface area contributed by atoms with Gasteiger partial charge in [-0.3, -0.25) is 9.52 Å². The van der Waals surface area contributed by atoms with Crippen molar-refractivity contribution in [1.82, 2.24) is 15.3 Å². The first-order valence-corrected chi connectivity index (χ1v) is 7.31. The molecule has 0 radical (unpaired) electrons. The van der Waals surface area contributed by atoms with E-state index in [2.05, 4.69) is 20.0 Å². The summed E-state index contributed by atoms with van der Waals surface area (Å²) in [6.45, 7) is 0. The average molecular weight is 294 g/mol. The van der Waals surface area contributed by atoms with E-state index >= 15 is 0 Å². The minimum absolute atomic E-state index is 0.0350. The van der Waals surface area contributed by atoms with Gasteiger partial charge in [-0.2, -0.15) is 8.42 Å². The number of aromatic amines is 1. The van der Waals surface area contributed by atoms with E-state index in [1.807, 2.05) is 0 Å². The number of likely N-dealkylation sites (N-methyl/N-ethyl adjacent to an activating group) is 1. The lowest BCUT2D eigenvalue weighted by atomic mass is 10.1. The van der Waals surface area contributed by atoms with Gasteiger partial charge in [0.15, 0.2) is 5.03 Å². The van der Waals surface area contributed by atoms with Crippen LogP contribution in [0.4, 0.5) is 5.69 Å². The lowest BCUT2D eigenvalue weighted by molar-refractivity contribution is -0.119. The Kier molecular flexibility index (Phi) is 4.04. The molecule has 1 aromatic heterocycles. The Morgan fingerprint density at radius 2 is 2.10 bits per heavy atom. The van der Waals surface area contributed by atoms with Crippen molar-refractivity contribution in [3.05, 3.63) is 42.4 Å². The highest BCUT2D eigenvalue weighted by Crippen LogP contribution is 2.19. The Balaban J connectivity index is 2.28. The second kappa shape index (κ2) is 5.74. The molecule has 0 bridgehead atoms. The third kappa shape index (κ3) is 3.15. The molecule has 1 amide bonds. The molecule has 0 unspecified atom stereocenters. The number of rotatable bonds is 5. The van der Waals surface area contributed by atoms with Crippen LogP contribution < -0.4 is 10.0 Å². The molecule has 20 heavy (non-hydrogen) atoms. The zero-order valence-corrected chi connectivity index (χ0v) is 11.6. The maximum absolute atomic E-state index is 12.1. The molecule has 2 rings (SSSR count). The van der Waals surface area contributed by atoms with Gasteiger partial charge in [0, 0.05) is 7.05 Å². The number of nitrogens with one attached hydrogen (secondary N) is 3. The number of imidazole rings is 1. The van der Waals surface area contributed by atoms with Crippen LogP contribution in [-0.2, 0) is 21.2 Å². The fourth-order valence-electron chi connectivity index (χ4n) is 1.63. The van der Waals surface area contributed by atoms with E-state index in [4.69, 9.17) is 0 Å². The van der Waals surface area contributed by atoms with E-state index in [-0.39, 0.29) is 17.4 Å². The van der Waals surface area contributed by atoms with Crippen molar-refractivity contribution in [3.8, 4) is 0 Å². The first-order valence-electron chi connectivity index (χ1n) is 5.82. The molecule has 0 spiro atoms. The number of carbonyl (C=O) groups excluding carboxylic acids is 1. The molecular weight excluding hydrogens is 280 g/mol. The van der Waals surface area contributed by atoms with Gasteiger partial charge in [0.1, 0.15) is 0 Å². The Hall–Kier alpha value is -2.35. The van der Waals surface area contributed by atoms with Gasteiger partial charge in [-0.15, -0.1) is 0 Å². The maximum atomic E-state index is 12.1. The number of amides is 1. The van der Waals surface area contributed by atoms with Crippen molar-refractivity contribution in [2.45, 2.75) is 11.4 Å². The summed E-state index contributed by atoms with van der Waals surface area (Å²) in [5, 5.41) is 2.46. The smallest absolute Gasteiger partial charge is 0.278 e. The van der Waals surface area contributed by atoms with Crippen molar-refractivity contribution >= 4 is 21.6 Å². The van der Waals surface area contributed by atoms with Gasteiger partial charge in [-0.25, -0.2) is 4.98 Å². The summed E-state index contributed by atoms with van der Waals surface area (Å²) in [6, 6.07) is 6.73. The number of para-hydroxylation sites is 1. The summed E-state index contributed by atoms with van der Waals surface area (Å²) < 4.78 is 26.6. The predicted molar refractivity (Wildman–Crippen MR) is 73.6 cm³/mol. The topological polar surface area (TPSA) is 104 Å². The predicted octanol–water partition coefficient (Wildman–Crippen LogP) is 0.499. The van der Waals surface area contributed by atoms with Crippen molar-refractivity contribution in [3.63, 3.8) is 0 Å². The zero-order chi connectivity index (χ0) is 14.6. The fraction of sp³-hybridized carbons (Fsp3) is 0.167. The molecule has 0 saturated carbocycles. The van der Waals surface area contributed by atoms with Gasteiger partial charge in [0.25, 0.3) is 10.0 Å². The first-order chi connectivity index (χ1) is 9.53. The Labute approximate surface area is 116 Å². The van der Waals surface area contributed by atoms with Crippen molar-refractivity contribution in [2.75, 3.05) is 11.8 Å². The van der Waals surface area contributed by atoms with Crippen LogP contribution in [0.15, 0.2) is 41.8 Å². The molecule has 0 aliphatic carbocycles. The van der Waals surface area contributed by atoms with Crippen LogP contribution >= 0.6 is 0 Å². The Bertz CT molecular complexity index is 695. The quantitative estimate of drug-likeness (QED) is 0.747. The number of carbonyl (C=O) groups is 1. The van der Waals surface area contributed by atoms with E-state index < -0.39 is 10.0 Å². The van der Waals surface area contributed by atoms with E-state index in [1.54, 1.807) is 24.3 Å². The van der Waals surface area contributed by atoms with E-state index in [9.17, 15) is 13.2 Å². The summed E-state index contributed by atoms with van der Waals surface area (Å²) in [7, 11) is -2.21. The van der Waals surface area contributed by atoms with Gasteiger partial charge >= 0.3 is 0 Å². The second-order valence-electron chi connectivity index (χ2n) is 4.03. The number of H-pyrrole nitrogens is 1. The van der Waals surface area contributed by atoms with E-state index in [1.165, 1.54) is 19.6 Å². The van der Waals surface area contributed by atoms with Gasteiger partial charge in [0.05, 0.1) is 24.6 Å². The third-order valence-corrected chi connectivity index (χ3v) is 3.95.